The standard InChI is InChI=1S/C23H24Cl2N2O6/c24-16-9-7-14(12-17(16)25)13-31-23(29)26-18-5-3-4-15-8-10-19(32-21(15)18)22(28)27-33-20-6-1-2-11-30-20/h3-5,7,9,12,19-20H,1-2,6,8,10-11,13H2,(H,26,29)(H,27,28)/t19-,20?/m0/s1. The van der Waals surface area contributed by atoms with Crippen LogP contribution in [-0.4, -0.2) is 31.0 Å². The minimum atomic E-state index is -0.753. The Morgan fingerprint density at radius 3 is 2.76 bits per heavy atom. The predicted molar refractivity (Wildman–Crippen MR) is 122 cm³/mol. The van der Waals surface area contributed by atoms with E-state index in [2.05, 4.69) is 10.8 Å². The molecule has 2 amide bonds. The van der Waals surface area contributed by atoms with Gasteiger partial charge >= 0.3 is 6.09 Å². The Morgan fingerprint density at radius 1 is 1.09 bits per heavy atom. The Kier molecular flexibility index (Phi) is 7.93. The number of anilines is 1. The van der Waals surface area contributed by atoms with Gasteiger partial charge in [-0.15, -0.1) is 0 Å². The Hall–Kier alpha value is -2.52. The zero-order valence-electron chi connectivity index (χ0n) is 17.8. The predicted octanol–water partition coefficient (Wildman–Crippen LogP) is 5.01. The van der Waals surface area contributed by atoms with Crippen molar-refractivity contribution in [3.8, 4) is 5.75 Å². The molecule has 8 nitrogen and oxygen atoms in total. The van der Waals surface area contributed by atoms with Crippen molar-refractivity contribution in [1.29, 1.82) is 0 Å². The Bertz CT molecular complexity index is 1010. The number of carbonyl (C=O) groups excluding carboxylic acids is 2. The lowest BCUT2D eigenvalue weighted by atomic mass is 10.0. The van der Waals surface area contributed by atoms with Gasteiger partial charge in [0.15, 0.2) is 12.4 Å². The van der Waals surface area contributed by atoms with Gasteiger partial charge in [0.1, 0.15) is 12.4 Å². The first-order chi connectivity index (χ1) is 16.0. The fraction of sp³-hybridized carbons (Fsp3) is 0.391. The van der Waals surface area contributed by atoms with Crippen molar-refractivity contribution in [3.05, 3.63) is 57.6 Å². The zero-order valence-corrected chi connectivity index (χ0v) is 19.3. The van der Waals surface area contributed by atoms with Crippen LogP contribution in [0.1, 0.15) is 36.8 Å². The van der Waals surface area contributed by atoms with Crippen molar-refractivity contribution in [2.45, 2.75) is 51.1 Å². The Labute approximate surface area is 201 Å². The number of ether oxygens (including phenoxy) is 3. The summed E-state index contributed by atoms with van der Waals surface area (Å²) in [6, 6.07) is 10.4. The van der Waals surface area contributed by atoms with Crippen LogP contribution in [0.25, 0.3) is 0 Å². The van der Waals surface area contributed by atoms with E-state index in [1.165, 1.54) is 0 Å². The van der Waals surface area contributed by atoms with Crippen molar-refractivity contribution in [1.82, 2.24) is 5.48 Å². The summed E-state index contributed by atoms with van der Waals surface area (Å²) in [5.74, 6) is 0.0381. The summed E-state index contributed by atoms with van der Waals surface area (Å²) in [5.41, 5.74) is 4.44. The largest absolute Gasteiger partial charge is 0.478 e. The first-order valence-corrected chi connectivity index (χ1v) is 11.5. The summed E-state index contributed by atoms with van der Waals surface area (Å²) < 4.78 is 16.6. The van der Waals surface area contributed by atoms with E-state index in [0.29, 0.717) is 46.5 Å². The van der Waals surface area contributed by atoms with Crippen LogP contribution >= 0.6 is 23.2 Å². The second-order valence-electron chi connectivity index (χ2n) is 7.77. The maximum atomic E-state index is 12.5. The molecule has 1 saturated heterocycles. The van der Waals surface area contributed by atoms with Crippen LogP contribution < -0.4 is 15.5 Å². The van der Waals surface area contributed by atoms with E-state index >= 15 is 0 Å². The van der Waals surface area contributed by atoms with Crippen LogP contribution in [0.2, 0.25) is 10.0 Å². The molecule has 2 aliphatic heterocycles. The minimum absolute atomic E-state index is 0.0181. The lowest BCUT2D eigenvalue weighted by Crippen LogP contribution is -2.43. The fourth-order valence-electron chi connectivity index (χ4n) is 3.61. The molecule has 0 bridgehead atoms. The quantitative estimate of drug-likeness (QED) is 0.548. The smallest absolute Gasteiger partial charge is 0.412 e. The van der Waals surface area contributed by atoms with E-state index in [1.54, 1.807) is 30.3 Å². The number of hydrogen-bond acceptors (Lipinski definition) is 6. The van der Waals surface area contributed by atoms with Crippen LogP contribution in [0, 0.1) is 0 Å². The van der Waals surface area contributed by atoms with Gasteiger partial charge in [-0.1, -0.05) is 41.4 Å². The van der Waals surface area contributed by atoms with Gasteiger partial charge in [-0.3, -0.25) is 10.1 Å². The molecule has 0 aliphatic carbocycles. The molecule has 176 valence electrons. The summed E-state index contributed by atoms with van der Waals surface area (Å²) in [7, 11) is 0. The summed E-state index contributed by atoms with van der Waals surface area (Å²) >= 11 is 11.9. The molecule has 4 rings (SSSR count). The van der Waals surface area contributed by atoms with E-state index in [0.717, 1.165) is 24.8 Å². The average Bonchev–Trinajstić information content (AvgIpc) is 2.84. The van der Waals surface area contributed by atoms with Gasteiger partial charge in [-0.05, 0) is 55.0 Å². The third-order valence-electron chi connectivity index (χ3n) is 5.34. The summed E-state index contributed by atoms with van der Waals surface area (Å²) in [4.78, 5) is 30.3. The number of aryl methyl sites for hydroxylation is 1. The van der Waals surface area contributed by atoms with Crippen LogP contribution in [0.3, 0.4) is 0 Å². The highest BCUT2D eigenvalue weighted by atomic mass is 35.5. The first-order valence-electron chi connectivity index (χ1n) is 10.7. The van der Waals surface area contributed by atoms with E-state index in [9.17, 15) is 9.59 Å². The van der Waals surface area contributed by atoms with Gasteiger partial charge in [0.25, 0.3) is 5.91 Å². The van der Waals surface area contributed by atoms with Gasteiger partial charge in [-0.25, -0.2) is 15.1 Å². The average molecular weight is 495 g/mol. The number of halogens is 2. The molecular weight excluding hydrogens is 471 g/mol. The molecule has 2 aromatic carbocycles. The lowest BCUT2D eigenvalue weighted by Gasteiger charge is -2.28. The molecule has 2 N–H and O–H groups in total. The first kappa shape index (κ1) is 23.6. The number of hydroxylamine groups is 1. The van der Waals surface area contributed by atoms with Crippen LogP contribution in [0.4, 0.5) is 10.5 Å². The molecule has 2 aromatic rings. The highest BCUT2D eigenvalue weighted by Crippen LogP contribution is 2.35. The van der Waals surface area contributed by atoms with E-state index in [1.807, 2.05) is 6.07 Å². The minimum Gasteiger partial charge on any atom is -0.478 e. The molecule has 1 unspecified atom stereocenters. The molecule has 0 saturated carbocycles. The van der Waals surface area contributed by atoms with Crippen LogP contribution in [-0.2, 0) is 32.1 Å². The number of hydrogen-bond donors (Lipinski definition) is 2. The third-order valence-corrected chi connectivity index (χ3v) is 6.08. The van der Waals surface area contributed by atoms with Gasteiger partial charge in [-0.2, -0.15) is 0 Å². The van der Waals surface area contributed by atoms with Gasteiger partial charge in [0.05, 0.1) is 15.7 Å². The molecule has 0 aromatic heterocycles. The molecule has 0 spiro atoms. The summed E-state index contributed by atoms with van der Waals surface area (Å²) in [5, 5.41) is 3.49. The third kappa shape index (κ3) is 6.29. The van der Waals surface area contributed by atoms with Crippen LogP contribution in [0.15, 0.2) is 36.4 Å². The van der Waals surface area contributed by atoms with Crippen molar-refractivity contribution in [2.75, 3.05) is 11.9 Å². The molecule has 2 heterocycles. The number of para-hydroxylation sites is 1. The molecule has 1 fully saturated rings. The van der Waals surface area contributed by atoms with Crippen molar-refractivity contribution >= 4 is 40.9 Å². The zero-order chi connectivity index (χ0) is 23.2. The van der Waals surface area contributed by atoms with Gasteiger partial charge < -0.3 is 14.2 Å². The number of carbonyl (C=O) groups is 2. The highest BCUT2D eigenvalue weighted by molar-refractivity contribution is 6.42. The number of fused-ring (bicyclic) bond motifs is 1. The molecule has 33 heavy (non-hydrogen) atoms. The van der Waals surface area contributed by atoms with Crippen molar-refractivity contribution in [3.63, 3.8) is 0 Å². The Balaban J connectivity index is 1.33. The summed E-state index contributed by atoms with van der Waals surface area (Å²) in [6.45, 7) is 0.633. The van der Waals surface area contributed by atoms with Crippen LogP contribution in [0.5, 0.6) is 5.75 Å². The number of amides is 2. The topological polar surface area (TPSA) is 95.1 Å². The van der Waals surface area contributed by atoms with E-state index < -0.39 is 24.4 Å². The fourth-order valence-corrected chi connectivity index (χ4v) is 3.93. The Morgan fingerprint density at radius 2 is 1.97 bits per heavy atom. The number of rotatable bonds is 6. The van der Waals surface area contributed by atoms with E-state index in [4.69, 9.17) is 42.3 Å². The van der Waals surface area contributed by atoms with Gasteiger partial charge in [0, 0.05) is 13.0 Å². The maximum Gasteiger partial charge on any atom is 0.412 e. The van der Waals surface area contributed by atoms with Gasteiger partial charge in [0.2, 0.25) is 0 Å². The second-order valence-corrected chi connectivity index (χ2v) is 8.58. The monoisotopic (exact) mass is 494 g/mol. The molecular formula is C23H24Cl2N2O6. The maximum absolute atomic E-state index is 12.5. The second kappa shape index (κ2) is 11.1. The van der Waals surface area contributed by atoms with Crippen molar-refractivity contribution in [2.24, 2.45) is 0 Å². The molecule has 2 aliphatic rings. The SMILES string of the molecule is O=C(Nc1cccc2c1O[C@H](C(=O)NOC1CCCCO1)CC2)OCc1ccc(Cl)c(Cl)c1. The van der Waals surface area contributed by atoms with Crippen molar-refractivity contribution < 1.29 is 28.6 Å². The number of benzene rings is 2. The number of nitrogens with one attached hydrogen (secondary N) is 2. The molecule has 2 atom stereocenters. The summed E-state index contributed by atoms with van der Waals surface area (Å²) in [6.07, 6.45) is 1.94. The molecule has 10 heteroatoms. The lowest BCUT2D eigenvalue weighted by molar-refractivity contribution is -0.203. The molecule has 0 radical (unpaired) electrons. The van der Waals surface area contributed by atoms with E-state index in [-0.39, 0.29) is 6.61 Å². The normalized spacial score (nSPS) is 19.7. The highest BCUT2D eigenvalue weighted by Gasteiger charge is 2.29.